The molecule has 1 heterocycles. The molecule has 90 valence electrons. The molecule has 0 amide bonds. The summed E-state index contributed by atoms with van der Waals surface area (Å²) in [5, 5.41) is 10.8. The number of aryl methyl sites for hydroxylation is 3. The first-order valence-corrected chi connectivity index (χ1v) is 6.60. The molecule has 1 aromatic heterocycles. The van der Waals surface area contributed by atoms with E-state index in [-0.39, 0.29) is 0 Å². The third-order valence-corrected chi connectivity index (χ3v) is 4.34. The topological polar surface area (TPSA) is 20.2 Å². The summed E-state index contributed by atoms with van der Waals surface area (Å²) in [6.45, 7) is 8.06. The van der Waals surface area contributed by atoms with Crippen LogP contribution in [-0.2, 0) is 5.60 Å². The van der Waals surface area contributed by atoms with Gasteiger partial charge in [0.05, 0.1) is 0 Å². The van der Waals surface area contributed by atoms with Gasteiger partial charge >= 0.3 is 0 Å². The van der Waals surface area contributed by atoms with Gasteiger partial charge in [0, 0.05) is 9.75 Å². The van der Waals surface area contributed by atoms with Crippen LogP contribution in [0.4, 0.5) is 0 Å². The molecule has 0 fully saturated rings. The highest BCUT2D eigenvalue weighted by Crippen LogP contribution is 2.35. The number of hydrogen-bond acceptors (Lipinski definition) is 2. The maximum Gasteiger partial charge on any atom is 0.121 e. The monoisotopic (exact) mass is 246 g/mol. The zero-order chi connectivity index (χ0) is 12.6. The third kappa shape index (κ3) is 2.28. The lowest BCUT2D eigenvalue weighted by molar-refractivity contribution is 0.105. The minimum absolute atomic E-state index is 0.892. The average molecular weight is 246 g/mol. The minimum Gasteiger partial charge on any atom is -0.380 e. The fourth-order valence-corrected chi connectivity index (χ4v) is 3.12. The molecule has 2 aromatic rings. The molecular weight excluding hydrogens is 228 g/mol. The van der Waals surface area contributed by atoms with Crippen LogP contribution in [0.15, 0.2) is 30.3 Å². The minimum atomic E-state index is -0.892. The van der Waals surface area contributed by atoms with Gasteiger partial charge in [0.1, 0.15) is 5.60 Å². The molecule has 2 rings (SSSR count). The molecule has 0 aliphatic heterocycles. The van der Waals surface area contributed by atoms with Crippen LogP contribution < -0.4 is 0 Å². The van der Waals surface area contributed by atoms with E-state index in [4.69, 9.17) is 0 Å². The Hall–Kier alpha value is -1.12. The van der Waals surface area contributed by atoms with E-state index in [1.54, 1.807) is 11.3 Å². The lowest BCUT2D eigenvalue weighted by Crippen LogP contribution is -2.22. The Morgan fingerprint density at radius 3 is 2.29 bits per heavy atom. The maximum absolute atomic E-state index is 10.8. The van der Waals surface area contributed by atoms with Crippen LogP contribution in [0.1, 0.15) is 33.4 Å². The van der Waals surface area contributed by atoms with Gasteiger partial charge in [-0.25, -0.2) is 0 Å². The molecule has 1 N–H and O–H groups in total. The number of hydrogen-bond donors (Lipinski definition) is 1. The quantitative estimate of drug-likeness (QED) is 0.851. The van der Waals surface area contributed by atoms with Crippen molar-refractivity contribution >= 4 is 11.3 Å². The van der Waals surface area contributed by atoms with Gasteiger partial charge in [0.2, 0.25) is 0 Å². The molecule has 0 spiro atoms. The second-order valence-electron chi connectivity index (χ2n) is 4.80. The van der Waals surface area contributed by atoms with E-state index in [1.165, 1.54) is 10.4 Å². The van der Waals surface area contributed by atoms with Crippen molar-refractivity contribution in [2.24, 2.45) is 0 Å². The van der Waals surface area contributed by atoms with Gasteiger partial charge in [-0.2, -0.15) is 0 Å². The molecule has 2 heteroatoms. The van der Waals surface area contributed by atoms with Crippen molar-refractivity contribution in [2.45, 2.75) is 33.3 Å². The van der Waals surface area contributed by atoms with Gasteiger partial charge in [0.15, 0.2) is 0 Å². The number of rotatable bonds is 2. The highest BCUT2D eigenvalue weighted by atomic mass is 32.1. The molecule has 0 radical (unpaired) electrons. The molecule has 1 aromatic carbocycles. The Kier molecular flexibility index (Phi) is 3.11. The summed E-state index contributed by atoms with van der Waals surface area (Å²) in [5.41, 5.74) is 2.46. The zero-order valence-electron chi connectivity index (χ0n) is 10.7. The van der Waals surface area contributed by atoms with Crippen LogP contribution in [0.5, 0.6) is 0 Å². The van der Waals surface area contributed by atoms with Crippen molar-refractivity contribution < 1.29 is 5.11 Å². The predicted molar refractivity (Wildman–Crippen MR) is 73.6 cm³/mol. The zero-order valence-corrected chi connectivity index (χ0v) is 11.6. The van der Waals surface area contributed by atoms with Crippen molar-refractivity contribution in [2.75, 3.05) is 0 Å². The predicted octanol–water partition coefficient (Wildman–Crippen LogP) is 3.93. The highest BCUT2D eigenvalue weighted by Gasteiger charge is 2.28. The Balaban J connectivity index is 2.51. The van der Waals surface area contributed by atoms with Crippen molar-refractivity contribution in [1.82, 2.24) is 0 Å². The first kappa shape index (κ1) is 12.3. The second kappa shape index (κ2) is 4.28. The van der Waals surface area contributed by atoms with Crippen molar-refractivity contribution in [1.29, 1.82) is 0 Å². The number of thiophene rings is 1. The first-order chi connectivity index (χ1) is 7.91. The fraction of sp³-hybridized carbons (Fsp3) is 0.333. The summed E-state index contributed by atoms with van der Waals surface area (Å²) in [4.78, 5) is 2.23. The van der Waals surface area contributed by atoms with E-state index in [9.17, 15) is 5.11 Å². The number of aliphatic hydroxyl groups is 1. The van der Waals surface area contributed by atoms with Gasteiger partial charge in [-0.05, 0) is 51.0 Å². The van der Waals surface area contributed by atoms with Crippen molar-refractivity contribution in [3.8, 4) is 0 Å². The largest absolute Gasteiger partial charge is 0.380 e. The number of benzene rings is 1. The molecule has 0 saturated heterocycles. The molecule has 1 nitrogen and oxygen atoms in total. The summed E-state index contributed by atoms with van der Waals surface area (Å²) in [6, 6.07) is 10.3. The van der Waals surface area contributed by atoms with Crippen LogP contribution >= 0.6 is 11.3 Å². The SMILES string of the molecule is Cc1ccc(C(C)(O)c2ccc(C)s2)c(C)c1. The van der Waals surface area contributed by atoms with Gasteiger partial charge < -0.3 is 5.11 Å². The Labute approximate surface area is 107 Å². The second-order valence-corrected chi connectivity index (χ2v) is 6.09. The Bertz CT molecular complexity index is 538. The average Bonchev–Trinajstić information content (AvgIpc) is 2.64. The van der Waals surface area contributed by atoms with E-state index in [0.717, 1.165) is 16.0 Å². The molecule has 0 aliphatic rings. The van der Waals surface area contributed by atoms with Crippen molar-refractivity contribution in [3.05, 3.63) is 56.8 Å². The highest BCUT2D eigenvalue weighted by molar-refractivity contribution is 7.12. The summed E-state index contributed by atoms with van der Waals surface area (Å²) < 4.78 is 0. The molecule has 0 bridgehead atoms. The fourth-order valence-electron chi connectivity index (χ4n) is 2.19. The van der Waals surface area contributed by atoms with Crippen LogP contribution in [0.25, 0.3) is 0 Å². The summed E-state index contributed by atoms with van der Waals surface area (Å²) in [7, 11) is 0. The summed E-state index contributed by atoms with van der Waals surface area (Å²) >= 11 is 1.65. The molecule has 0 aliphatic carbocycles. The smallest absolute Gasteiger partial charge is 0.121 e. The molecular formula is C15H18OS. The standard InChI is InChI=1S/C15H18OS/c1-10-5-7-13(11(2)9-10)15(4,16)14-8-6-12(3)17-14/h5-9,16H,1-4H3. The molecule has 1 unspecified atom stereocenters. The first-order valence-electron chi connectivity index (χ1n) is 5.78. The Morgan fingerprint density at radius 1 is 1.06 bits per heavy atom. The van der Waals surface area contributed by atoms with Gasteiger partial charge in [-0.3, -0.25) is 0 Å². The summed E-state index contributed by atoms with van der Waals surface area (Å²) in [5.74, 6) is 0. The summed E-state index contributed by atoms with van der Waals surface area (Å²) in [6.07, 6.45) is 0. The van der Waals surface area contributed by atoms with E-state index >= 15 is 0 Å². The van der Waals surface area contributed by atoms with Gasteiger partial charge in [-0.15, -0.1) is 11.3 Å². The lowest BCUT2D eigenvalue weighted by atomic mass is 9.90. The van der Waals surface area contributed by atoms with E-state index in [2.05, 4.69) is 39.0 Å². The van der Waals surface area contributed by atoms with E-state index in [0.29, 0.717) is 0 Å². The molecule has 1 atom stereocenters. The lowest BCUT2D eigenvalue weighted by Gasteiger charge is -2.24. The van der Waals surface area contributed by atoms with Crippen molar-refractivity contribution in [3.63, 3.8) is 0 Å². The maximum atomic E-state index is 10.8. The molecule has 0 saturated carbocycles. The Morgan fingerprint density at radius 2 is 1.76 bits per heavy atom. The molecule has 17 heavy (non-hydrogen) atoms. The van der Waals surface area contributed by atoms with Crippen LogP contribution in [0, 0.1) is 20.8 Å². The third-order valence-electron chi connectivity index (χ3n) is 3.13. The van der Waals surface area contributed by atoms with Gasteiger partial charge in [-0.1, -0.05) is 23.8 Å². The van der Waals surface area contributed by atoms with Crippen LogP contribution in [-0.4, -0.2) is 5.11 Å². The van der Waals surface area contributed by atoms with Crippen LogP contribution in [0.2, 0.25) is 0 Å². The van der Waals surface area contributed by atoms with Crippen LogP contribution in [0.3, 0.4) is 0 Å². The van der Waals surface area contributed by atoms with E-state index in [1.807, 2.05) is 19.1 Å². The normalized spacial score (nSPS) is 14.6. The van der Waals surface area contributed by atoms with Gasteiger partial charge in [0.25, 0.3) is 0 Å². The van der Waals surface area contributed by atoms with E-state index < -0.39 is 5.60 Å².